The monoisotopic (exact) mass is 561 g/mol. The maximum Gasteiger partial charge on any atom is 0.192 e. The molecule has 174 valence electrons. The first-order chi connectivity index (χ1) is 14.5. The number of hydrogen-bond acceptors (Lipinski definition) is 6. The third kappa shape index (κ3) is 8.32. The normalized spacial score (nSPS) is 16.2. The topological polar surface area (TPSA) is 79.6 Å². The van der Waals surface area contributed by atoms with E-state index in [1.54, 1.807) is 11.3 Å². The summed E-state index contributed by atoms with van der Waals surface area (Å²) in [6.45, 7) is 12.2. The highest BCUT2D eigenvalue weighted by atomic mass is 127. The van der Waals surface area contributed by atoms with Crippen LogP contribution in [0.25, 0.3) is 0 Å². The molecule has 1 atom stereocenters. The Morgan fingerprint density at radius 1 is 1.26 bits per heavy atom. The second-order valence-electron chi connectivity index (χ2n) is 8.13. The van der Waals surface area contributed by atoms with Gasteiger partial charge in [0, 0.05) is 37.6 Å². The average Bonchev–Trinajstić information content (AvgIpc) is 3.37. The van der Waals surface area contributed by atoms with Gasteiger partial charge in [-0.05, 0) is 30.7 Å². The Balaban J connectivity index is 0.00000341. The number of aryl methyl sites for hydroxylation is 1. The number of morpholine rings is 1. The van der Waals surface area contributed by atoms with Gasteiger partial charge in [-0.3, -0.25) is 4.90 Å². The molecular formula is C21H36IN7OS. The van der Waals surface area contributed by atoms with Crippen LogP contribution in [0.15, 0.2) is 22.5 Å². The van der Waals surface area contributed by atoms with Gasteiger partial charge in [-0.1, -0.05) is 19.9 Å². The molecule has 0 saturated carbocycles. The van der Waals surface area contributed by atoms with Gasteiger partial charge in [0.15, 0.2) is 11.8 Å². The van der Waals surface area contributed by atoms with Crippen molar-refractivity contribution in [3.63, 3.8) is 0 Å². The lowest BCUT2D eigenvalue weighted by Gasteiger charge is -2.35. The molecule has 10 heteroatoms. The summed E-state index contributed by atoms with van der Waals surface area (Å²) in [5.74, 6) is 3.20. The van der Waals surface area contributed by atoms with E-state index in [0.717, 1.165) is 63.4 Å². The molecule has 31 heavy (non-hydrogen) atoms. The second kappa shape index (κ2) is 13.3. The maximum atomic E-state index is 5.55. The Bertz CT molecular complexity index is 788. The zero-order valence-corrected chi connectivity index (χ0v) is 22.2. The zero-order chi connectivity index (χ0) is 21.3. The first kappa shape index (κ1) is 26.0. The van der Waals surface area contributed by atoms with Crippen LogP contribution in [-0.2, 0) is 24.9 Å². The molecule has 1 saturated heterocycles. The van der Waals surface area contributed by atoms with Crippen LogP contribution < -0.4 is 10.6 Å². The Morgan fingerprint density at radius 3 is 2.65 bits per heavy atom. The Morgan fingerprint density at radius 2 is 2.03 bits per heavy atom. The largest absolute Gasteiger partial charge is 0.379 e. The number of ether oxygens (including phenoxy) is 1. The lowest BCUT2D eigenvalue weighted by Crippen LogP contribution is -2.51. The molecule has 1 aliphatic heterocycles. The van der Waals surface area contributed by atoms with Crippen molar-refractivity contribution in [1.82, 2.24) is 30.3 Å². The van der Waals surface area contributed by atoms with Crippen molar-refractivity contribution in [2.24, 2.45) is 18.0 Å². The SMILES string of the molecule is Cc1nnc(CN=C(NCc2cccs2)NCC(CC(C)C)N2CCOCC2)n1C.I. The molecule has 2 aromatic heterocycles. The van der Waals surface area contributed by atoms with E-state index in [4.69, 9.17) is 9.73 Å². The van der Waals surface area contributed by atoms with Crippen LogP contribution in [0.4, 0.5) is 0 Å². The first-order valence-electron chi connectivity index (χ1n) is 10.7. The van der Waals surface area contributed by atoms with E-state index in [1.165, 1.54) is 4.88 Å². The van der Waals surface area contributed by atoms with Gasteiger partial charge in [0.05, 0.1) is 19.8 Å². The minimum Gasteiger partial charge on any atom is -0.379 e. The third-order valence-corrected chi connectivity index (χ3v) is 6.26. The molecule has 0 aliphatic carbocycles. The fourth-order valence-electron chi connectivity index (χ4n) is 3.56. The molecule has 8 nitrogen and oxygen atoms in total. The van der Waals surface area contributed by atoms with Gasteiger partial charge in [0.2, 0.25) is 0 Å². The van der Waals surface area contributed by atoms with Gasteiger partial charge in [0.1, 0.15) is 12.4 Å². The number of rotatable bonds is 9. The molecule has 0 bridgehead atoms. The molecule has 0 amide bonds. The summed E-state index contributed by atoms with van der Waals surface area (Å²) in [4.78, 5) is 8.62. The Hall–Kier alpha value is -1.24. The molecule has 0 radical (unpaired) electrons. The fourth-order valence-corrected chi connectivity index (χ4v) is 4.20. The highest BCUT2D eigenvalue weighted by Gasteiger charge is 2.22. The summed E-state index contributed by atoms with van der Waals surface area (Å²) >= 11 is 1.75. The molecule has 3 rings (SSSR count). The van der Waals surface area contributed by atoms with Gasteiger partial charge >= 0.3 is 0 Å². The smallest absolute Gasteiger partial charge is 0.192 e. The Labute approximate surface area is 206 Å². The minimum absolute atomic E-state index is 0. The van der Waals surface area contributed by atoms with Crippen molar-refractivity contribution in [3.8, 4) is 0 Å². The van der Waals surface area contributed by atoms with Crippen molar-refractivity contribution in [3.05, 3.63) is 34.0 Å². The van der Waals surface area contributed by atoms with Crippen molar-refractivity contribution in [2.75, 3.05) is 32.8 Å². The van der Waals surface area contributed by atoms with Gasteiger partial charge < -0.3 is 19.9 Å². The fraction of sp³-hybridized carbons (Fsp3) is 0.667. The highest BCUT2D eigenvalue weighted by Crippen LogP contribution is 2.13. The lowest BCUT2D eigenvalue weighted by molar-refractivity contribution is 0.0132. The van der Waals surface area contributed by atoms with Crippen molar-refractivity contribution >= 4 is 41.3 Å². The summed E-state index contributed by atoms with van der Waals surface area (Å²) in [6.07, 6.45) is 1.15. The van der Waals surface area contributed by atoms with E-state index in [1.807, 2.05) is 18.5 Å². The van der Waals surface area contributed by atoms with Gasteiger partial charge in [-0.25, -0.2) is 4.99 Å². The van der Waals surface area contributed by atoms with E-state index in [0.29, 0.717) is 18.5 Å². The van der Waals surface area contributed by atoms with Crippen LogP contribution in [0.3, 0.4) is 0 Å². The summed E-state index contributed by atoms with van der Waals surface area (Å²) < 4.78 is 7.53. The highest BCUT2D eigenvalue weighted by molar-refractivity contribution is 14.0. The molecular weight excluding hydrogens is 525 g/mol. The van der Waals surface area contributed by atoms with Crippen LogP contribution >= 0.6 is 35.3 Å². The summed E-state index contributed by atoms with van der Waals surface area (Å²) in [7, 11) is 1.98. The molecule has 0 spiro atoms. The number of nitrogens with zero attached hydrogens (tertiary/aromatic N) is 5. The van der Waals surface area contributed by atoms with E-state index in [-0.39, 0.29) is 24.0 Å². The molecule has 2 aromatic rings. The predicted molar refractivity (Wildman–Crippen MR) is 137 cm³/mol. The molecule has 3 heterocycles. The van der Waals surface area contributed by atoms with Crippen LogP contribution in [-0.4, -0.2) is 64.5 Å². The number of nitrogens with one attached hydrogen (secondary N) is 2. The molecule has 0 aromatic carbocycles. The second-order valence-corrected chi connectivity index (χ2v) is 9.17. The Kier molecular flexibility index (Phi) is 11.2. The molecule has 1 unspecified atom stereocenters. The molecule has 2 N–H and O–H groups in total. The van der Waals surface area contributed by atoms with Gasteiger partial charge in [0.25, 0.3) is 0 Å². The number of guanidine groups is 1. The van der Waals surface area contributed by atoms with Crippen molar-refractivity contribution < 1.29 is 4.74 Å². The summed E-state index contributed by atoms with van der Waals surface area (Å²) in [5.41, 5.74) is 0. The number of hydrogen-bond donors (Lipinski definition) is 2. The van der Waals surface area contributed by atoms with Gasteiger partial charge in [-0.2, -0.15) is 0 Å². The van der Waals surface area contributed by atoms with E-state index < -0.39 is 0 Å². The van der Waals surface area contributed by atoms with E-state index in [2.05, 4.69) is 57.1 Å². The average molecular weight is 562 g/mol. The van der Waals surface area contributed by atoms with Crippen LogP contribution in [0.1, 0.15) is 36.8 Å². The summed E-state index contributed by atoms with van der Waals surface area (Å²) in [5, 5.41) is 17.5. The zero-order valence-electron chi connectivity index (χ0n) is 19.0. The summed E-state index contributed by atoms with van der Waals surface area (Å²) in [6, 6.07) is 4.67. The van der Waals surface area contributed by atoms with Crippen LogP contribution in [0, 0.1) is 12.8 Å². The van der Waals surface area contributed by atoms with E-state index in [9.17, 15) is 0 Å². The minimum atomic E-state index is 0. The standard InChI is InChI=1S/C21H35N7OS.HI/c1-16(2)12-18(28-7-9-29-10-8-28)13-22-21(23-14-19-6-5-11-30-19)24-15-20-26-25-17(3)27(20)4;/h5-6,11,16,18H,7-10,12-15H2,1-4H3,(H2,22,23,24);1H. The predicted octanol–water partition coefficient (Wildman–Crippen LogP) is 2.79. The van der Waals surface area contributed by atoms with Crippen molar-refractivity contribution in [1.29, 1.82) is 0 Å². The third-order valence-electron chi connectivity index (χ3n) is 5.38. The molecule has 1 fully saturated rings. The number of thiophene rings is 1. The van der Waals surface area contributed by atoms with Gasteiger partial charge in [-0.15, -0.1) is 45.5 Å². The van der Waals surface area contributed by atoms with Crippen molar-refractivity contribution in [2.45, 2.75) is 46.3 Å². The first-order valence-corrected chi connectivity index (χ1v) is 11.6. The molecule has 1 aliphatic rings. The number of aromatic nitrogens is 3. The quantitative estimate of drug-likeness (QED) is 0.279. The number of aliphatic imine (C=N–C) groups is 1. The lowest BCUT2D eigenvalue weighted by atomic mass is 10.0. The van der Waals surface area contributed by atoms with E-state index >= 15 is 0 Å². The van der Waals surface area contributed by atoms with Crippen LogP contribution in [0.2, 0.25) is 0 Å². The number of halogens is 1. The maximum absolute atomic E-state index is 5.55. The van der Waals surface area contributed by atoms with Crippen LogP contribution in [0.5, 0.6) is 0 Å².